The molecule has 0 saturated heterocycles. The number of rotatable bonds is 3. The average molecular weight is 280 g/mol. The van der Waals surface area contributed by atoms with E-state index >= 15 is 0 Å². The predicted molar refractivity (Wildman–Crippen MR) is 75.3 cm³/mol. The van der Waals surface area contributed by atoms with E-state index in [1.165, 1.54) is 6.20 Å². The molecule has 0 aliphatic heterocycles. The molecule has 1 rings (SSSR count). The summed E-state index contributed by atoms with van der Waals surface area (Å²) in [6, 6.07) is 4.45. The van der Waals surface area contributed by atoms with Crippen molar-refractivity contribution < 1.29 is 14.3 Å². The zero-order valence-corrected chi connectivity index (χ0v) is 11.9. The number of urea groups is 1. The third kappa shape index (κ3) is 5.23. The van der Waals surface area contributed by atoms with Gasteiger partial charge in [-0.25, -0.2) is 19.5 Å². The van der Waals surface area contributed by atoms with Gasteiger partial charge in [0.15, 0.2) is 0 Å². The molecule has 1 aromatic heterocycles. The van der Waals surface area contributed by atoms with Crippen LogP contribution in [0.4, 0.5) is 15.4 Å². The Kier molecular flexibility index (Phi) is 5.45. The van der Waals surface area contributed by atoms with Gasteiger partial charge in [-0.05, 0) is 32.9 Å². The smallest absolute Gasteiger partial charge is 0.418 e. The third-order valence-electron chi connectivity index (χ3n) is 2.11. The van der Waals surface area contributed by atoms with Crippen molar-refractivity contribution in [2.24, 2.45) is 5.73 Å². The molecule has 0 aliphatic carbocycles. The number of nitrogens with zero attached hydrogens (tertiary/aromatic N) is 2. The maximum atomic E-state index is 12.0. The highest BCUT2D eigenvalue weighted by molar-refractivity contribution is 5.98. The Morgan fingerprint density at radius 3 is 2.60 bits per heavy atom. The van der Waals surface area contributed by atoms with Crippen LogP contribution in [0.2, 0.25) is 0 Å². The molecule has 1 heterocycles. The second kappa shape index (κ2) is 6.85. The molecule has 0 unspecified atom stereocenters. The van der Waals surface area contributed by atoms with Crippen molar-refractivity contribution in [3.8, 4) is 0 Å². The lowest BCUT2D eigenvalue weighted by molar-refractivity contribution is 0.0337. The van der Waals surface area contributed by atoms with Gasteiger partial charge in [-0.1, -0.05) is 6.07 Å². The van der Waals surface area contributed by atoms with Gasteiger partial charge in [0, 0.05) is 19.3 Å². The number of carbonyl (C=O) groups excluding carboxylic acids is 2. The molecule has 0 spiro atoms. The first-order valence-corrected chi connectivity index (χ1v) is 6.26. The van der Waals surface area contributed by atoms with Crippen LogP contribution in [0.3, 0.4) is 0 Å². The minimum atomic E-state index is -0.739. The van der Waals surface area contributed by atoms with Crippen molar-refractivity contribution >= 4 is 17.9 Å². The number of hydrogen-bond donors (Lipinski definition) is 2. The molecule has 0 atom stereocenters. The first-order valence-electron chi connectivity index (χ1n) is 6.26. The number of carbonyl (C=O) groups is 2. The topological polar surface area (TPSA) is 97.5 Å². The van der Waals surface area contributed by atoms with E-state index in [2.05, 4.69) is 10.3 Å². The molecule has 3 N–H and O–H groups in total. The number of nitrogens with two attached hydrogens (primary N) is 1. The van der Waals surface area contributed by atoms with Crippen LogP contribution in [0.1, 0.15) is 20.8 Å². The van der Waals surface area contributed by atoms with Gasteiger partial charge in [0.25, 0.3) is 0 Å². The Hall–Kier alpha value is -2.15. The summed E-state index contributed by atoms with van der Waals surface area (Å²) in [5.41, 5.74) is 4.73. The fraction of sp³-hybridized carbons (Fsp3) is 0.462. The average Bonchev–Trinajstić information content (AvgIpc) is 2.34. The molecule has 20 heavy (non-hydrogen) atoms. The van der Waals surface area contributed by atoms with E-state index in [1.54, 1.807) is 39.0 Å². The standard InChI is InChI=1S/C13H20N4O3/c1-13(2,3)20-12(19)17(9-7-14)11(18)16-10-6-4-5-8-15-10/h4-6,8H,7,9,14H2,1-3H3,(H,15,16,18). The summed E-state index contributed by atoms with van der Waals surface area (Å²) < 4.78 is 5.16. The molecule has 7 heteroatoms. The Balaban J connectivity index is 2.74. The maximum absolute atomic E-state index is 12.0. The first-order chi connectivity index (χ1) is 9.33. The van der Waals surface area contributed by atoms with Crippen LogP contribution in [0.25, 0.3) is 0 Å². The number of pyridine rings is 1. The van der Waals surface area contributed by atoms with Gasteiger partial charge < -0.3 is 10.5 Å². The summed E-state index contributed by atoms with van der Waals surface area (Å²) in [5, 5.41) is 2.51. The molecule has 0 saturated carbocycles. The number of anilines is 1. The molecule has 0 radical (unpaired) electrons. The summed E-state index contributed by atoms with van der Waals surface area (Å²) in [5.74, 6) is 0.350. The van der Waals surface area contributed by atoms with Crippen molar-refractivity contribution in [2.75, 3.05) is 18.4 Å². The van der Waals surface area contributed by atoms with Crippen molar-refractivity contribution in [3.63, 3.8) is 0 Å². The Morgan fingerprint density at radius 1 is 1.40 bits per heavy atom. The Morgan fingerprint density at radius 2 is 2.10 bits per heavy atom. The Labute approximate surface area is 118 Å². The normalized spacial score (nSPS) is 10.8. The maximum Gasteiger partial charge on any atom is 0.418 e. The summed E-state index contributed by atoms with van der Waals surface area (Å²) in [6.07, 6.45) is 0.799. The SMILES string of the molecule is CC(C)(C)OC(=O)N(CCN)C(=O)Nc1ccccn1. The van der Waals surface area contributed by atoms with Gasteiger partial charge >= 0.3 is 12.1 Å². The molecule has 110 valence electrons. The fourth-order valence-electron chi connectivity index (χ4n) is 1.34. The largest absolute Gasteiger partial charge is 0.443 e. The molecule has 1 aromatic rings. The minimum absolute atomic E-state index is 0.0631. The van der Waals surface area contributed by atoms with E-state index in [1.807, 2.05) is 0 Å². The number of hydrogen-bond acceptors (Lipinski definition) is 5. The van der Waals surface area contributed by atoms with Crippen LogP contribution >= 0.6 is 0 Å². The fourth-order valence-corrected chi connectivity index (χ4v) is 1.34. The van der Waals surface area contributed by atoms with Crippen LogP contribution in [0.5, 0.6) is 0 Å². The molecule has 3 amide bonds. The highest BCUT2D eigenvalue weighted by atomic mass is 16.6. The summed E-state index contributed by atoms with van der Waals surface area (Å²) in [4.78, 5) is 28.9. The molecular formula is C13H20N4O3. The third-order valence-corrected chi connectivity index (χ3v) is 2.11. The number of amides is 3. The van der Waals surface area contributed by atoms with E-state index in [9.17, 15) is 9.59 Å². The van der Waals surface area contributed by atoms with E-state index in [-0.39, 0.29) is 13.1 Å². The zero-order chi connectivity index (χ0) is 15.2. The van der Waals surface area contributed by atoms with Crippen LogP contribution in [-0.2, 0) is 4.74 Å². The van der Waals surface area contributed by atoms with E-state index < -0.39 is 17.7 Å². The molecule has 0 aliphatic rings. The van der Waals surface area contributed by atoms with Crippen LogP contribution in [0.15, 0.2) is 24.4 Å². The quantitative estimate of drug-likeness (QED) is 0.880. The van der Waals surface area contributed by atoms with E-state index in [4.69, 9.17) is 10.5 Å². The predicted octanol–water partition coefficient (Wildman–Crippen LogP) is 1.81. The van der Waals surface area contributed by atoms with Gasteiger partial charge in [-0.3, -0.25) is 5.32 Å². The van der Waals surface area contributed by atoms with Crippen LogP contribution in [-0.4, -0.2) is 40.7 Å². The summed E-state index contributed by atoms with van der Waals surface area (Å²) in [6.45, 7) is 5.38. The zero-order valence-electron chi connectivity index (χ0n) is 11.9. The van der Waals surface area contributed by atoms with E-state index in [0.717, 1.165) is 4.90 Å². The highest BCUT2D eigenvalue weighted by Crippen LogP contribution is 2.11. The van der Waals surface area contributed by atoms with Crippen molar-refractivity contribution in [2.45, 2.75) is 26.4 Å². The lowest BCUT2D eigenvalue weighted by atomic mass is 10.2. The summed E-state index contributed by atoms with van der Waals surface area (Å²) >= 11 is 0. The van der Waals surface area contributed by atoms with E-state index in [0.29, 0.717) is 5.82 Å². The second-order valence-electron chi connectivity index (χ2n) is 5.07. The monoisotopic (exact) mass is 280 g/mol. The number of ether oxygens (including phenoxy) is 1. The van der Waals surface area contributed by atoms with Crippen LogP contribution in [0, 0.1) is 0 Å². The second-order valence-corrected chi connectivity index (χ2v) is 5.07. The molecule has 7 nitrogen and oxygen atoms in total. The Bertz CT molecular complexity index is 456. The first kappa shape index (κ1) is 15.9. The molecule has 0 bridgehead atoms. The number of imide groups is 1. The van der Waals surface area contributed by atoms with Gasteiger partial charge in [-0.15, -0.1) is 0 Å². The summed E-state index contributed by atoms with van der Waals surface area (Å²) in [7, 11) is 0. The molecule has 0 fully saturated rings. The van der Waals surface area contributed by atoms with Crippen molar-refractivity contribution in [1.29, 1.82) is 0 Å². The van der Waals surface area contributed by atoms with Gasteiger partial charge in [0.05, 0.1) is 0 Å². The molecule has 0 aromatic carbocycles. The molecular weight excluding hydrogens is 260 g/mol. The van der Waals surface area contributed by atoms with Crippen LogP contribution < -0.4 is 11.1 Å². The lowest BCUT2D eigenvalue weighted by Crippen LogP contribution is -2.45. The van der Waals surface area contributed by atoms with Gasteiger partial charge in [-0.2, -0.15) is 0 Å². The lowest BCUT2D eigenvalue weighted by Gasteiger charge is -2.25. The number of nitrogens with one attached hydrogen (secondary N) is 1. The van der Waals surface area contributed by atoms with Crippen molar-refractivity contribution in [1.82, 2.24) is 9.88 Å². The minimum Gasteiger partial charge on any atom is -0.443 e. The van der Waals surface area contributed by atoms with Gasteiger partial charge in [0.2, 0.25) is 0 Å². The number of aromatic nitrogens is 1. The van der Waals surface area contributed by atoms with Crippen molar-refractivity contribution in [3.05, 3.63) is 24.4 Å². The van der Waals surface area contributed by atoms with Gasteiger partial charge in [0.1, 0.15) is 11.4 Å². The highest BCUT2D eigenvalue weighted by Gasteiger charge is 2.26.